The number of benzene rings is 1. The topological polar surface area (TPSA) is 61.8 Å². The van der Waals surface area contributed by atoms with Crippen LogP contribution in [0.4, 0.5) is 0 Å². The zero-order valence-corrected chi connectivity index (χ0v) is 14.0. The highest BCUT2D eigenvalue weighted by Gasteiger charge is 2.18. The Kier molecular flexibility index (Phi) is 6.28. The maximum atomic E-state index is 11.7. The monoisotopic (exact) mass is 303 g/mol. The molecule has 1 aromatic carbocycles. The van der Waals surface area contributed by atoms with Gasteiger partial charge in [-0.3, -0.25) is 9.59 Å². The summed E-state index contributed by atoms with van der Waals surface area (Å²) < 4.78 is 0. The van der Waals surface area contributed by atoms with Gasteiger partial charge >= 0.3 is 11.8 Å². The zero-order valence-electron chi connectivity index (χ0n) is 14.0. The van der Waals surface area contributed by atoms with Gasteiger partial charge in [0.25, 0.3) is 0 Å². The molecule has 120 valence electrons. The predicted octanol–water partition coefficient (Wildman–Crippen LogP) is 2.30. The van der Waals surface area contributed by atoms with Gasteiger partial charge in [-0.05, 0) is 30.4 Å². The number of nitrogens with one attached hydrogen (secondary N) is 1. The Balaban J connectivity index is 2.62. The number of hydrogen-bond acceptors (Lipinski definition) is 3. The molecule has 2 amide bonds. The molecule has 0 unspecified atom stereocenters. The number of carbonyl (C=O) groups excluding carboxylic acids is 2. The number of likely N-dealkylation sites (N-methyl/N-ethyl adjacent to an activating group) is 1. The second-order valence-electron chi connectivity index (χ2n) is 6.05. The smallest absolute Gasteiger partial charge is 0.329 e. The van der Waals surface area contributed by atoms with Crippen molar-refractivity contribution in [2.75, 3.05) is 13.1 Å². The second kappa shape index (κ2) is 7.73. The molecule has 0 aromatic heterocycles. The molecular formula is C17H25N3O2. The third-order valence-corrected chi connectivity index (χ3v) is 3.40. The summed E-state index contributed by atoms with van der Waals surface area (Å²) in [4.78, 5) is 24.9. The highest BCUT2D eigenvalue weighted by Crippen LogP contribution is 2.21. The SMILES string of the molecule is CCN(CC)C(=O)C(=O)NN=Cc1ccc(C(C)(C)C)cc1. The molecule has 5 nitrogen and oxygen atoms in total. The van der Waals surface area contributed by atoms with E-state index in [-0.39, 0.29) is 5.41 Å². The summed E-state index contributed by atoms with van der Waals surface area (Å²) in [5, 5.41) is 3.83. The molecule has 0 fully saturated rings. The number of carbonyl (C=O) groups is 2. The number of amides is 2. The van der Waals surface area contributed by atoms with Crippen LogP contribution in [0.25, 0.3) is 0 Å². The Labute approximate surface area is 132 Å². The van der Waals surface area contributed by atoms with Crippen molar-refractivity contribution in [2.24, 2.45) is 5.10 Å². The van der Waals surface area contributed by atoms with E-state index in [1.807, 2.05) is 38.1 Å². The lowest BCUT2D eigenvalue weighted by atomic mass is 9.87. The van der Waals surface area contributed by atoms with Crippen LogP contribution in [0.2, 0.25) is 0 Å². The first kappa shape index (κ1) is 17.9. The Morgan fingerprint density at radius 3 is 2.14 bits per heavy atom. The van der Waals surface area contributed by atoms with Gasteiger partial charge in [0.15, 0.2) is 0 Å². The van der Waals surface area contributed by atoms with Crippen LogP contribution in [0.15, 0.2) is 29.4 Å². The summed E-state index contributed by atoms with van der Waals surface area (Å²) in [6, 6.07) is 7.93. The summed E-state index contributed by atoms with van der Waals surface area (Å²) in [6.45, 7) is 11.1. The van der Waals surface area contributed by atoms with Gasteiger partial charge in [-0.25, -0.2) is 5.43 Å². The van der Waals surface area contributed by atoms with Gasteiger partial charge < -0.3 is 4.90 Å². The molecular weight excluding hydrogens is 278 g/mol. The summed E-state index contributed by atoms with van der Waals surface area (Å²) in [7, 11) is 0. The van der Waals surface area contributed by atoms with E-state index in [1.165, 1.54) is 16.7 Å². The van der Waals surface area contributed by atoms with Gasteiger partial charge in [-0.2, -0.15) is 5.10 Å². The number of hydrazone groups is 1. The first-order valence-corrected chi connectivity index (χ1v) is 7.52. The minimum Gasteiger partial charge on any atom is -0.335 e. The lowest BCUT2D eigenvalue weighted by Crippen LogP contribution is -2.41. The van der Waals surface area contributed by atoms with Crippen molar-refractivity contribution in [1.29, 1.82) is 0 Å². The van der Waals surface area contributed by atoms with Crippen LogP contribution in [0, 0.1) is 0 Å². The third-order valence-electron chi connectivity index (χ3n) is 3.40. The zero-order chi connectivity index (χ0) is 16.8. The van der Waals surface area contributed by atoms with E-state index in [4.69, 9.17) is 0 Å². The molecule has 0 saturated heterocycles. The molecule has 0 aliphatic carbocycles. The van der Waals surface area contributed by atoms with Crippen LogP contribution in [0.1, 0.15) is 45.7 Å². The van der Waals surface area contributed by atoms with E-state index in [0.717, 1.165) is 5.56 Å². The molecule has 0 spiro atoms. The molecule has 22 heavy (non-hydrogen) atoms. The minimum atomic E-state index is -0.716. The predicted molar refractivity (Wildman–Crippen MR) is 88.8 cm³/mol. The molecule has 0 aliphatic rings. The van der Waals surface area contributed by atoms with Crippen molar-refractivity contribution in [3.8, 4) is 0 Å². The molecule has 0 radical (unpaired) electrons. The molecule has 1 rings (SSSR count). The van der Waals surface area contributed by atoms with Crippen LogP contribution < -0.4 is 5.43 Å². The Morgan fingerprint density at radius 2 is 1.68 bits per heavy atom. The molecule has 1 aromatic rings. The quantitative estimate of drug-likeness (QED) is 0.527. The molecule has 0 saturated carbocycles. The third kappa shape index (κ3) is 4.98. The van der Waals surface area contributed by atoms with Crippen molar-refractivity contribution in [3.05, 3.63) is 35.4 Å². The second-order valence-corrected chi connectivity index (χ2v) is 6.05. The van der Waals surface area contributed by atoms with Crippen LogP contribution in [0.5, 0.6) is 0 Å². The average Bonchev–Trinajstić information content (AvgIpc) is 2.47. The molecule has 0 aliphatic heterocycles. The van der Waals surface area contributed by atoms with Crippen molar-refractivity contribution < 1.29 is 9.59 Å². The first-order valence-electron chi connectivity index (χ1n) is 7.52. The number of hydrogen-bond donors (Lipinski definition) is 1. The fourth-order valence-electron chi connectivity index (χ4n) is 1.94. The fraction of sp³-hybridized carbons (Fsp3) is 0.471. The van der Waals surface area contributed by atoms with E-state index in [1.54, 1.807) is 0 Å². The van der Waals surface area contributed by atoms with E-state index in [0.29, 0.717) is 13.1 Å². The highest BCUT2D eigenvalue weighted by atomic mass is 16.2. The summed E-state index contributed by atoms with van der Waals surface area (Å²) >= 11 is 0. The van der Waals surface area contributed by atoms with Gasteiger partial charge in [-0.1, -0.05) is 45.0 Å². The maximum absolute atomic E-state index is 11.7. The van der Waals surface area contributed by atoms with Gasteiger partial charge in [0.2, 0.25) is 0 Å². The lowest BCUT2D eigenvalue weighted by Gasteiger charge is -2.18. The van der Waals surface area contributed by atoms with Crippen molar-refractivity contribution in [3.63, 3.8) is 0 Å². The van der Waals surface area contributed by atoms with Gasteiger partial charge in [-0.15, -0.1) is 0 Å². The van der Waals surface area contributed by atoms with Crippen LogP contribution in [0.3, 0.4) is 0 Å². The highest BCUT2D eigenvalue weighted by molar-refractivity contribution is 6.34. The minimum absolute atomic E-state index is 0.0973. The standard InChI is InChI=1S/C17H25N3O2/c1-6-20(7-2)16(22)15(21)19-18-12-13-8-10-14(11-9-13)17(3,4)5/h8-12H,6-7H2,1-5H3,(H,19,21). The molecule has 0 bridgehead atoms. The molecule has 5 heteroatoms. The lowest BCUT2D eigenvalue weighted by molar-refractivity contribution is -0.145. The van der Waals surface area contributed by atoms with Gasteiger partial charge in [0.1, 0.15) is 0 Å². The molecule has 0 atom stereocenters. The summed E-state index contributed by atoms with van der Waals surface area (Å²) in [5.74, 6) is -1.28. The maximum Gasteiger partial charge on any atom is 0.329 e. The van der Waals surface area contributed by atoms with Crippen LogP contribution in [-0.4, -0.2) is 36.0 Å². The Morgan fingerprint density at radius 1 is 1.14 bits per heavy atom. The molecule has 1 N–H and O–H groups in total. The Hall–Kier alpha value is -2.17. The summed E-state index contributed by atoms with van der Waals surface area (Å²) in [5.41, 5.74) is 4.45. The number of nitrogens with zero attached hydrogens (tertiary/aromatic N) is 2. The van der Waals surface area contributed by atoms with E-state index < -0.39 is 11.8 Å². The average molecular weight is 303 g/mol. The van der Waals surface area contributed by atoms with Crippen molar-refractivity contribution >= 4 is 18.0 Å². The van der Waals surface area contributed by atoms with Gasteiger partial charge in [0, 0.05) is 13.1 Å². The van der Waals surface area contributed by atoms with Crippen molar-refractivity contribution in [1.82, 2.24) is 10.3 Å². The van der Waals surface area contributed by atoms with E-state index in [2.05, 4.69) is 31.3 Å². The van der Waals surface area contributed by atoms with Gasteiger partial charge in [0.05, 0.1) is 6.21 Å². The number of rotatable bonds is 4. The molecule has 0 heterocycles. The normalized spacial score (nSPS) is 11.5. The van der Waals surface area contributed by atoms with Crippen LogP contribution >= 0.6 is 0 Å². The van der Waals surface area contributed by atoms with Crippen molar-refractivity contribution in [2.45, 2.75) is 40.0 Å². The fourth-order valence-corrected chi connectivity index (χ4v) is 1.94. The largest absolute Gasteiger partial charge is 0.335 e. The summed E-state index contributed by atoms with van der Waals surface area (Å²) in [6.07, 6.45) is 1.53. The Bertz CT molecular complexity index is 538. The first-order chi connectivity index (χ1) is 10.3. The van der Waals surface area contributed by atoms with E-state index >= 15 is 0 Å². The van der Waals surface area contributed by atoms with E-state index in [9.17, 15) is 9.59 Å². The van der Waals surface area contributed by atoms with Crippen LogP contribution in [-0.2, 0) is 15.0 Å².